The number of methoxy groups -OCH3 is 4. The van der Waals surface area contributed by atoms with Gasteiger partial charge in [0, 0.05) is 18.2 Å². The number of hydrogen-bond donors (Lipinski definition) is 0. The van der Waals surface area contributed by atoms with Crippen LogP contribution in [0, 0.1) is 10.1 Å². The van der Waals surface area contributed by atoms with Crippen molar-refractivity contribution in [3.63, 3.8) is 0 Å². The molecule has 1 rings (SSSR count). The topological polar surface area (TPSA) is 97.1 Å². The fourth-order valence-corrected chi connectivity index (χ4v) is 1.60. The third-order valence-electron chi connectivity index (χ3n) is 2.63. The fraction of sp³-hybridized carbons (Fsp3) is 0.308. The quantitative estimate of drug-likeness (QED) is 0.339. The summed E-state index contributed by atoms with van der Waals surface area (Å²) >= 11 is 0. The van der Waals surface area contributed by atoms with Crippen molar-refractivity contribution >= 4 is 12.0 Å². The molecule has 0 radical (unpaired) electrons. The van der Waals surface area contributed by atoms with Crippen LogP contribution in [0.5, 0.6) is 17.2 Å². The number of ether oxygens (including phenoxy) is 4. The lowest BCUT2D eigenvalue weighted by Crippen LogP contribution is -2.13. The Hall–Kier alpha value is -2.77. The van der Waals surface area contributed by atoms with Crippen LogP contribution in [0.3, 0.4) is 0 Å². The van der Waals surface area contributed by atoms with Gasteiger partial charge in [0.25, 0.3) is 0 Å². The summed E-state index contributed by atoms with van der Waals surface area (Å²) in [6, 6.07) is 3.03. The molecule has 0 unspecified atom stereocenters. The van der Waals surface area contributed by atoms with Gasteiger partial charge < -0.3 is 18.9 Å². The van der Waals surface area contributed by atoms with Gasteiger partial charge in [-0.2, -0.15) is 0 Å². The molecule has 114 valence electrons. The minimum absolute atomic E-state index is 0.234. The van der Waals surface area contributed by atoms with E-state index in [1.165, 1.54) is 33.5 Å². The molecule has 8 heteroatoms. The van der Waals surface area contributed by atoms with E-state index in [0.717, 1.165) is 13.2 Å². The van der Waals surface area contributed by atoms with Crippen molar-refractivity contribution in [1.29, 1.82) is 0 Å². The summed E-state index contributed by atoms with van der Waals surface area (Å²) in [6.45, 7) is 0. The van der Waals surface area contributed by atoms with Gasteiger partial charge >= 0.3 is 11.7 Å². The third-order valence-corrected chi connectivity index (χ3v) is 2.63. The summed E-state index contributed by atoms with van der Waals surface area (Å²) in [7, 11) is 5.29. The van der Waals surface area contributed by atoms with E-state index in [2.05, 4.69) is 4.74 Å². The molecule has 0 bridgehead atoms. The molecule has 0 saturated heterocycles. The average molecular weight is 297 g/mol. The Balaban J connectivity index is 3.52. The van der Waals surface area contributed by atoms with E-state index >= 15 is 0 Å². The van der Waals surface area contributed by atoms with E-state index < -0.39 is 16.6 Å². The highest BCUT2D eigenvalue weighted by Gasteiger charge is 2.25. The smallest absolute Gasteiger partial charge is 0.409 e. The maximum absolute atomic E-state index is 11.4. The van der Waals surface area contributed by atoms with Crippen LogP contribution < -0.4 is 14.2 Å². The van der Waals surface area contributed by atoms with Crippen molar-refractivity contribution < 1.29 is 28.7 Å². The molecule has 0 amide bonds. The van der Waals surface area contributed by atoms with Crippen LogP contribution in [0.15, 0.2) is 17.8 Å². The van der Waals surface area contributed by atoms with Crippen molar-refractivity contribution in [3.8, 4) is 17.2 Å². The number of carbonyl (C=O) groups is 1. The van der Waals surface area contributed by atoms with Crippen LogP contribution in [0.2, 0.25) is 0 Å². The van der Waals surface area contributed by atoms with Gasteiger partial charge in [0.1, 0.15) is 17.2 Å². The molecule has 1 aromatic carbocycles. The van der Waals surface area contributed by atoms with E-state index in [0.29, 0.717) is 5.75 Å². The normalized spacial score (nSPS) is 10.8. The van der Waals surface area contributed by atoms with Crippen LogP contribution in [-0.2, 0) is 9.53 Å². The van der Waals surface area contributed by atoms with Gasteiger partial charge in [-0.15, -0.1) is 0 Å². The molecule has 0 saturated carbocycles. The summed E-state index contributed by atoms with van der Waals surface area (Å²) in [6.07, 6.45) is 1.03. The molecule has 0 aliphatic rings. The standard InChI is InChI=1S/C13H15NO7/c1-18-8-5-11(19-2)9(12(6-8)20-3)7-10(14(16)17)13(15)21-4/h5-7H,1-4H3. The van der Waals surface area contributed by atoms with Crippen molar-refractivity contribution in [2.45, 2.75) is 0 Å². The van der Waals surface area contributed by atoms with E-state index in [1.54, 1.807) is 0 Å². The molecule has 0 aliphatic carbocycles. The molecule has 0 spiro atoms. The number of nitro groups is 1. The Morgan fingerprint density at radius 1 is 1.10 bits per heavy atom. The lowest BCUT2D eigenvalue weighted by molar-refractivity contribution is -0.419. The second kappa shape index (κ2) is 7.13. The lowest BCUT2D eigenvalue weighted by atomic mass is 10.1. The molecule has 0 N–H and O–H groups in total. The second-order valence-electron chi connectivity index (χ2n) is 3.72. The first-order chi connectivity index (χ1) is 9.98. The molecular weight excluding hydrogens is 282 g/mol. The van der Waals surface area contributed by atoms with Gasteiger partial charge in [-0.1, -0.05) is 0 Å². The Bertz CT molecular complexity index is 555. The van der Waals surface area contributed by atoms with Crippen molar-refractivity contribution in [3.05, 3.63) is 33.5 Å². The molecular formula is C13H15NO7. The van der Waals surface area contributed by atoms with E-state index in [1.807, 2.05) is 0 Å². The van der Waals surface area contributed by atoms with Gasteiger partial charge in [-0.05, 0) is 0 Å². The largest absolute Gasteiger partial charge is 0.496 e. The zero-order valence-corrected chi connectivity index (χ0v) is 12.0. The second-order valence-corrected chi connectivity index (χ2v) is 3.72. The maximum atomic E-state index is 11.4. The van der Waals surface area contributed by atoms with Gasteiger partial charge in [0.05, 0.1) is 38.9 Å². The minimum Gasteiger partial charge on any atom is -0.496 e. The van der Waals surface area contributed by atoms with Crippen LogP contribution in [0.4, 0.5) is 0 Å². The maximum Gasteiger partial charge on any atom is 0.409 e. The first-order valence-corrected chi connectivity index (χ1v) is 5.72. The third kappa shape index (κ3) is 3.62. The van der Waals surface area contributed by atoms with Crippen molar-refractivity contribution in [1.82, 2.24) is 0 Å². The Morgan fingerprint density at radius 3 is 1.95 bits per heavy atom. The van der Waals surface area contributed by atoms with Gasteiger partial charge in [-0.3, -0.25) is 10.1 Å². The molecule has 0 atom stereocenters. The highest BCUT2D eigenvalue weighted by atomic mass is 16.6. The van der Waals surface area contributed by atoms with Gasteiger partial charge in [0.2, 0.25) is 0 Å². The van der Waals surface area contributed by atoms with Crippen molar-refractivity contribution in [2.75, 3.05) is 28.4 Å². The molecule has 8 nitrogen and oxygen atoms in total. The summed E-state index contributed by atoms with van der Waals surface area (Å²) in [5.41, 5.74) is -0.503. The van der Waals surface area contributed by atoms with Gasteiger partial charge in [0.15, 0.2) is 0 Å². The zero-order chi connectivity index (χ0) is 16.0. The number of carbonyl (C=O) groups excluding carboxylic acids is 1. The summed E-state index contributed by atoms with van der Waals surface area (Å²) in [5.74, 6) is -0.106. The van der Waals surface area contributed by atoms with E-state index in [-0.39, 0.29) is 17.1 Å². The van der Waals surface area contributed by atoms with Crippen LogP contribution in [0.1, 0.15) is 5.56 Å². The minimum atomic E-state index is -1.07. The van der Waals surface area contributed by atoms with Crippen LogP contribution in [-0.4, -0.2) is 39.3 Å². The average Bonchev–Trinajstić information content (AvgIpc) is 2.50. The molecule has 0 heterocycles. The number of benzene rings is 1. The predicted molar refractivity (Wildman–Crippen MR) is 73.1 cm³/mol. The molecule has 0 aromatic heterocycles. The highest BCUT2D eigenvalue weighted by Crippen LogP contribution is 2.35. The van der Waals surface area contributed by atoms with Crippen molar-refractivity contribution in [2.24, 2.45) is 0 Å². The SMILES string of the molecule is COC(=O)C(=Cc1c(OC)cc(OC)cc1OC)[N+](=O)[O-]. The first-order valence-electron chi connectivity index (χ1n) is 5.72. The molecule has 0 fully saturated rings. The number of rotatable bonds is 6. The number of hydrogen-bond acceptors (Lipinski definition) is 7. The van der Waals surface area contributed by atoms with Crippen LogP contribution >= 0.6 is 0 Å². The summed E-state index contributed by atoms with van der Waals surface area (Å²) in [4.78, 5) is 21.6. The lowest BCUT2D eigenvalue weighted by Gasteiger charge is -2.12. The highest BCUT2D eigenvalue weighted by molar-refractivity contribution is 5.92. The van der Waals surface area contributed by atoms with E-state index in [4.69, 9.17) is 14.2 Å². The number of nitrogens with zero attached hydrogens (tertiary/aromatic N) is 1. The first kappa shape index (κ1) is 16.3. The predicted octanol–water partition coefficient (Wildman–Crippen LogP) is 1.50. The Kier molecular flexibility index (Phi) is 5.53. The molecule has 1 aromatic rings. The monoisotopic (exact) mass is 297 g/mol. The fourth-order valence-electron chi connectivity index (χ4n) is 1.60. The number of esters is 1. The Morgan fingerprint density at radius 2 is 1.62 bits per heavy atom. The van der Waals surface area contributed by atoms with Crippen LogP contribution in [0.25, 0.3) is 6.08 Å². The van der Waals surface area contributed by atoms with Gasteiger partial charge in [-0.25, -0.2) is 4.79 Å². The Labute approximate surface area is 121 Å². The summed E-state index contributed by atoms with van der Waals surface area (Å²) < 4.78 is 19.7. The molecule has 21 heavy (non-hydrogen) atoms. The molecule has 0 aliphatic heterocycles. The zero-order valence-electron chi connectivity index (χ0n) is 12.0. The van der Waals surface area contributed by atoms with E-state index in [9.17, 15) is 14.9 Å². The summed E-state index contributed by atoms with van der Waals surface area (Å²) in [5, 5.41) is 11.0.